The van der Waals surface area contributed by atoms with Crippen molar-refractivity contribution in [3.63, 3.8) is 0 Å². The zero-order valence-electron chi connectivity index (χ0n) is 14.7. The van der Waals surface area contributed by atoms with Crippen LogP contribution in [0.3, 0.4) is 0 Å². The minimum absolute atomic E-state index is 0. The second-order valence-corrected chi connectivity index (χ2v) is 6.86. The molecule has 0 aromatic heterocycles. The highest BCUT2D eigenvalue weighted by molar-refractivity contribution is 9.10. The Morgan fingerprint density at radius 2 is 1.72 bits per heavy atom. The quantitative estimate of drug-likeness (QED) is 0.755. The number of hydrogen-bond donors (Lipinski definition) is 1. The molecule has 0 fully saturated rings. The molecular formula is C19H24BrClN2O2. The van der Waals surface area contributed by atoms with Gasteiger partial charge in [0, 0.05) is 18.1 Å². The van der Waals surface area contributed by atoms with E-state index >= 15 is 0 Å². The van der Waals surface area contributed by atoms with Crippen LogP contribution in [0.1, 0.15) is 25.0 Å². The van der Waals surface area contributed by atoms with Crippen LogP contribution in [0.15, 0.2) is 53.0 Å². The molecule has 1 amide bonds. The number of nitrogens with zero attached hydrogens (tertiary/aromatic N) is 1. The first-order valence-electron chi connectivity index (χ1n) is 7.87. The van der Waals surface area contributed by atoms with Gasteiger partial charge in [-0.15, -0.1) is 12.4 Å². The molecule has 0 saturated carbocycles. The number of carbonyl (C=O) groups is 1. The van der Waals surface area contributed by atoms with Gasteiger partial charge in [-0.05, 0) is 49.2 Å². The van der Waals surface area contributed by atoms with Gasteiger partial charge in [0.15, 0.2) is 0 Å². The minimum atomic E-state index is -1.07. The highest BCUT2D eigenvalue weighted by Crippen LogP contribution is 2.23. The van der Waals surface area contributed by atoms with Crippen molar-refractivity contribution in [2.24, 2.45) is 5.73 Å². The van der Waals surface area contributed by atoms with E-state index in [1.165, 1.54) is 0 Å². The maximum Gasteiger partial charge on any atom is 0.247 e. The van der Waals surface area contributed by atoms with Crippen LogP contribution in [0.2, 0.25) is 0 Å². The first-order chi connectivity index (χ1) is 11.3. The smallest absolute Gasteiger partial charge is 0.247 e. The summed E-state index contributed by atoms with van der Waals surface area (Å²) >= 11 is 3.39. The molecule has 2 aromatic rings. The second-order valence-electron chi connectivity index (χ2n) is 5.95. The molecule has 0 aliphatic heterocycles. The number of nitrogens with two attached hydrogens (primary N) is 1. The van der Waals surface area contributed by atoms with Crippen molar-refractivity contribution >= 4 is 34.2 Å². The Morgan fingerprint density at radius 3 is 2.24 bits per heavy atom. The molecule has 0 aliphatic carbocycles. The van der Waals surface area contributed by atoms with Crippen molar-refractivity contribution < 1.29 is 9.53 Å². The summed E-state index contributed by atoms with van der Waals surface area (Å²) in [7, 11) is 1.77. The summed E-state index contributed by atoms with van der Waals surface area (Å²) in [6, 6.07) is 15.3. The molecule has 4 nitrogen and oxygen atoms in total. The molecule has 2 rings (SSSR count). The number of hydrogen-bond acceptors (Lipinski definition) is 3. The van der Waals surface area contributed by atoms with E-state index in [1.807, 2.05) is 55.5 Å². The highest BCUT2D eigenvalue weighted by Gasteiger charge is 2.33. The van der Waals surface area contributed by atoms with E-state index in [2.05, 4.69) is 15.9 Å². The average molecular weight is 428 g/mol. The van der Waals surface area contributed by atoms with E-state index in [-0.39, 0.29) is 18.3 Å². The largest absolute Gasteiger partial charge is 0.494 e. The van der Waals surface area contributed by atoms with Crippen LogP contribution in [0.5, 0.6) is 5.75 Å². The van der Waals surface area contributed by atoms with Gasteiger partial charge in [-0.25, -0.2) is 0 Å². The van der Waals surface area contributed by atoms with Crippen molar-refractivity contribution in [2.45, 2.75) is 25.9 Å². The van der Waals surface area contributed by atoms with Crippen molar-refractivity contribution in [2.75, 3.05) is 13.7 Å². The lowest BCUT2D eigenvalue weighted by atomic mass is 9.91. The fourth-order valence-corrected chi connectivity index (χ4v) is 2.78. The van der Waals surface area contributed by atoms with Gasteiger partial charge >= 0.3 is 0 Å². The van der Waals surface area contributed by atoms with Crippen molar-refractivity contribution in [3.8, 4) is 5.75 Å². The lowest BCUT2D eigenvalue weighted by molar-refractivity contribution is -0.136. The molecule has 2 N–H and O–H groups in total. The summed E-state index contributed by atoms with van der Waals surface area (Å²) in [6.45, 7) is 4.82. The maximum atomic E-state index is 12.8. The third-order valence-electron chi connectivity index (χ3n) is 3.89. The summed E-state index contributed by atoms with van der Waals surface area (Å²) < 4.78 is 6.39. The van der Waals surface area contributed by atoms with Crippen LogP contribution < -0.4 is 10.5 Å². The zero-order valence-corrected chi connectivity index (χ0v) is 17.1. The van der Waals surface area contributed by atoms with Crippen LogP contribution in [-0.2, 0) is 16.9 Å². The van der Waals surface area contributed by atoms with E-state index in [9.17, 15) is 4.79 Å². The van der Waals surface area contributed by atoms with E-state index in [0.29, 0.717) is 13.2 Å². The predicted octanol–water partition coefficient (Wildman–Crippen LogP) is 4.10. The van der Waals surface area contributed by atoms with Crippen LogP contribution in [-0.4, -0.2) is 24.5 Å². The van der Waals surface area contributed by atoms with Crippen molar-refractivity contribution in [1.82, 2.24) is 4.90 Å². The van der Waals surface area contributed by atoms with Gasteiger partial charge in [-0.2, -0.15) is 0 Å². The molecule has 1 unspecified atom stereocenters. The lowest BCUT2D eigenvalue weighted by Crippen LogP contribution is -2.49. The van der Waals surface area contributed by atoms with Gasteiger partial charge in [-0.1, -0.05) is 40.2 Å². The molecule has 2 aromatic carbocycles. The molecular weight excluding hydrogens is 404 g/mol. The SMILES string of the molecule is CCOc1ccc(CN(C)C(=O)C(C)(N)c2ccc(Br)cc2)cc1.Cl. The minimum Gasteiger partial charge on any atom is -0.494 e. The van der Waals surface area contributed by atoms with E-state index in [4.69, 9.17) is 10.5 Å². The van der Waals surface area contributed by atoms with Gasteiger partial charge in [-0.3, -0.25) is 4.79 Å². The summed E-state index contributed by atoms with van der Waals surface area (Å²) in [5.74, 6) is 0.701. The summed E-state index contributed by atoms with van der Waals surface area (Å²) in [6.07, 6.45) is 0. The Labute approximate surface area is 163 Å². The van der Waals surface area contributed by atoms with E-state index in [0.717, 1.165) is 21.3 Å². The van der Waals surface area contributed by atoms with E-state index in [1.54, 1.807) is 18.9 Å². The van der Waals surface area contributed by atoms with Gasteiger partial charge in [0.1, 0.15) is 11.3 Å². The van der Waals surface area contributed by atoms with Crippen LogP contribution in [0.4, 0.5) is 0 Å². The molecule has 6 heteroatoms. The van der Waals surface area contributed by atoms with Crippen LogP contribution >= 0.6 is 28.3 Å². The third-order valence-corrected chi connectivity index (χ3v) is 4.42. The van der Waals surface area contributed by atoms with Crippen LogP contribution in [0.25, 0.3) is 0 Å². The average Bonchev–Trinajstić information content (AvgIpc) is 2.56. The Bertz CT molecular complexity index is 688. The monoisotopic (exact) mass is 426 g/mol. The van der Waals surface area contributed by atoms with Gasteiger partial charge in [0.25, 0.3) is 0 Å². The first kappa shape index (κ1) is 21.5. The Hall–Kier alpha value is -1.56. The number of carbonyl (C=O) groups excluding carboxylic acids is 1. The molecule has 0 heterocycles. The Kier molecular flexibility index (Phi) is 7.93. The molecule has 136 valence electrons. The van der Waals surface area contributed by atoms with E-state index < -0.39 is 5.54 Å². The summed E-state index contributed by atoms with van der Waals surface area (Å²) in [5.41, 5.74) is 7.07. The maximum absolute atomic E-state index is 12.8. The second kappa shape index (κ2) is 9.22. The summed E-state index contributed by atoms with van der Waals surface area (Å²) in [4.78, 5) is 14.4. The topological polar surface area (TPSA) is 55.6 Å². The fourth-order valence-electron chi connectivity index (χ4n) is 2.52. The standard InChI is InChI=1S/C19H23BrN2O2.ClH/c1-4-24-17-11-5-14(6-12-17)13-22(3)18(23)19(2,21)15-7-9-16(20)10-8-15;/h5-12H,4,13,21H2,1-3H3;1H. The van der Waals surface area contributed by atoms with Gasteiger partial charge < -0.3 is 15.4 Å². The molecule has 0 aliphatic rings. The molecule has 0 radical (unpaired) electrons. The highest BCUT2D eigenvalue weighted by atomic mass is 79.9. The van der Waals surface area contributed by atoms with Gasteiger partial charge in [0.05, 0.1) is 6.61 Å². The molecule has 0 spiro atoms. The van der Waals surface area contributed by atoms with Crippen LogP contribution in [0, 0.1) is 0 Å². The summed E-state index contributed by atoms with van der Waals surface area (Å²) in [5, 5.41) is 0. The Balaban J connectivity index is 0.00000312. The number of benzene rings is 2. The first-order valence-corrected chi connectivity index (χ1v) is 8.66. The number of ether oxygens (including phenoxy) is 1. The normalized spacial score (nSPS) is 12.7. The zero-order chi connectivity index (χ0) is 17.7. The van der Waals surface area contributed by atoms with Gasteiger partial charge in [0.2, 0.25) is 5.91 Å². The van der Waals surface area contributed by atoms with Crippen molar-refractivity contribution in [3.05, 3.63) is 64.1 Å². The third kappa shape index (κ3) is 5.46. The molecule has 0 bridgehead atoms. The number of amides is 1. The number of halogens is 2. The number of rotatable bonds is 6. The fraction of sp³-hybridized carbons (Fsp3) is 0.316. The Morgan fingerprint density at radius 1 is 1.16 bits per heavy atom. The molecule has 25 heavy (non-hydrogen) atoms. The predicted molar refractivity (Wildman–Crippen MR) is 107 cm³/mol. The molecule has 0 saturated heterocycles. The number of likely N-dealkylation sites (N-methyl/N-ethyl adjacent to an activating group) is 1. The molecule has 1 atom stereocenters. The van der Waals surface area contributed by atoms with Crippen molar-refractivity contribution in [1.29, 1.82) is 0 Å². The lowest BCUT2D eigenvalue weighted by Gasteiger charge is -2.30.